The Labute approximate surface area is 209 Å². The third-order valence-corrected chi connectivity index (χ3v) is 5.38. The highest BCUT2D eigenvalue weighted by Gasteiger charge is 2.25. The van der Waals surface area contributed by atoms with Gasteiger partial charge in [0.15, 0.2) is 5.82 Å². The number of nitrogens with two attached hydrogens (primary N) is 1. The van der Waals surface area contributed by atoms with E-state index in [1.165, 1.54) is 16.8 Å². The van der Waals surface area contributed by atoms with E-state index in [2.05, 4.69) is 10.3 Å². The summed E-state index contributed by atoms with van der Waals surface area (Å²) in [7, 11) is 0. The molecule has 0 amide bonds. The lowest BCUT2D eigenvalue weighted by Crippen LogP contribution is -2.33. The summed E-state index contributed by atoms with van der Waals surface area (Å²) in [5, 5.41) is 3.10. The molecule has 2 aromatic carbocycles. The molecule has 4 rings (SSSR count). The molecule has 1 fully saturated rings. The van der Waals surface area contributed by atoms with Gasteiger partial charge >= 0.3 is 11.9 Å². The first-order valence-corrected chi connectivity index (χ1v) is 11.8. The second-order valence-corrected chi connectivity index (χ2v) is 9.79. The van der Waals surface area contributed by atoms with Crippen molar-refractivity contribution in [2.24, 2.45) is 0 Å². The second kappa shape index (κ2) is 10.2. The molecule has 3 aromatic rings. The number of aromatic nitrogens is 2. The van der Waals surface area contributed by atoms with Gasteiger partial charge in [0, 0.05) is 17.3 Å². The summed E-state index contributed by atoms with van der Waals surface area (Å²) in [5.41, 5.74) is 7.08. The number of nitrogen functional groups attached to an aromatic ring is 1. The number of carbonyl (C=O) groups excluding carboxylic acids is 2. The predicted molar refractivity (Wildman–Crippen MR) is 136 cm³/mol. The van der Waals surface area contributed by atoms with Gasteiger partial charge in [-0.25, -0.2) is 9.78 Å². The zero-order chi connectivity index (χ0) is 25.9. The minimum atomic E-state index is -0.712. The number of nitrogens with one attached hydrogen (secondary N) is 1. The smallest absolute Gasteiger partial charge is 0.338 e. The van der Waals surface area contributed by atoms with Gasteiger partial charge in [0.25, 0.3) is 5.56 Å². The summed E-state index contributed by atoms with van der Waals surface area (Å²) >= 11 is 0. The summed E-state index contributed by atoms with van der Waals surface area (Å²) in [6, 6.07) is 14.2. The monoisotopic (exact) mass is 490 g/mol. The molecule has 1 saturated carbocycles. The van der Waals surface area contributed by atoms with Gasteiger partial charge in [0.1, 0.15) is 18.8 Å². The Morgan fingerprint density at radius 1 is 1.14 bits per heavy atom. The lowest BCUT2D eigenvalue weighted by Gasteiger charge is -2.21. The van der Waals surface area contributed by atoms with Crippen molar-refractivity contribution in [1.29, 1.82) is 0 Å². The molecular formula is C27H30N4O5. The highest BCUT2D eigenvalue weighted by Crippen LogP contribution is 2.26. The van der Waals surface area contributed by atoms with Crippen LogP contribution in [0.3, 0.4) is 0 Å². The molecule has 0 aliphatic heterocycles. The zero-order valence-electron chi connectivity index (χ0n) is 20.6. The quantitative estimate of drug-likeness (QED) is 0.361. The molecule has 0 spiro atoms. The van der Waals surface area contributed by atoms with Gasteiger partial charge in [0.05, 0.1) is 17.5 Å². The fraction of sp³-hybridized carbons (Fsp3) is 0.333. The second-order valence-electron chi connectivity index (χ2n) is 9.79. The number of esters is 2. The predicted octanol–water partition coefficient (Wildman–Crippen LogP) is 3.77. The van der Waals surface area contributed by atoms with Gasteiger partial charge in [-0.3, -0.25) is 14.2 Å². The first kappa shape index (κ1) is 25.0. The van der Waals surface area contributed by atoms with Crippen LogP contribution in [0, 0.1) is 0 Å². The molecule has 0 bridgehead atoms. The van der Waals surface area contributed by atoms with Crippen LogP contribution in [0.2, 0.25) is 0 Å². The third kappa shape index (κ3) is 6.50. The van der Waals surface area contributed by atoms with Crippen molar-refractivity contribution in [1.82, 2.24) is 9.55 Å². The van der Waals surface area contributed by atoms with E-state index in [1.54, 1.807) is 32.9 Å². The van der Waals surface area contributed by atoms with E-state index in [-0.39, 0.29) is 30.6 Å². The van der Waals surface area contributed by atoms with Gasteiger partial charge in [-0.15, -0.1) is 0 Å². The standard InChI is InChI=1S/C27H30N4O5/c1-27(2,3)36-23(32)15-31-22(14-29-24(25(31)33)30-21-9-10-21)18-11-19(13-20(28)12-18)26(34)35-16-17-7-5-4-6-8-17/h4-8,11-14,21H,9-10,15-16,28H2,1-3H3,(H,29,30). The number of hydrogen-bond acceptors (Lipinski definition) is 8. The van der Waals surface area contributed by atoms with E-state index in [0.717, 1.165) is 18.4 Å². The summed E-state index contributed by atoms with van der Waals surface area (Å²) in [6.45, 7) is 5.05. The Kier molecular flexibility index (Phi) is 7.10. The lowest BCUT2D eigenvalue weighted by molar-refractivity contribution is -0.155. The van der Waals surface area contributed by atoms with Gasteiger partial charge in [-0.1, -0.05) is 30.3 Å². The molecule has 188 valence electrons. The zero-order valence-corrected chi connectivity index (χ0v) is 20.6. The number of rotatable bonds is 8. The normalized spacial score (nSPS) is 13.2. The maximum atomic E-state index is 13.3. The summed E-state index contributed by atoms with van der Waals surface area (Å²) in [5.74, 6) is -0.967. The van der Waals surface area contributed by atoms with Crippen molar-refractivity contribution >= 4 is 23.4 Å². The Morgan fingerprint density at radius 2 is 1.86 bits per heavy atom. The average Bonchev–Trinajstić information content (AvgIpc) is 3.63. The van der Waals surface area contributed by atoms with Crippen molar-refractivity contribution in [3.63, 3.8) is 0 Å². The molecule has 0 radical (unpaired) electrons. The van der Waals surface area contributed by atoms with E-state index in [1.807, 2.05) is 30.3 Å². The number of ether oxygens (including phenoxy) is 2. The molecule has 0 unspecified atom stereocenters. The van der Waals surface area contributed by atoms with E-state index in [9.17, 15) is 14.4 Å². The first-order chi connectivity index (χ1) is 17.1. The van der Waals surface area contributed by atoms with Crippen molar-refractivity contribution in [3.05, 3.63) is 76.2 Å². The Balaban J connectivity index is 1.66. The van der Waals surface area contributed by atoms with Gasteiger partial charge in [0.2, 0.25) is 0 Å². The summed E-state index contributed by atoms with van der Waals surface area (Å²) in [4.78, 5) is 43.0. The van der Waals surface area contributed by atoms with Crippen LogP contribution in [-0.2, 0) is 27.4 Å². The van der Waals surface area contributed by atoms with Crippen LogP contribution in [-0.4, -0.2) is 33.1 Å². The fourth-order valence-electron chi connectivity index (χ4n) is 3.62. The van der Waals surface area contributed by atoms with Gasteiger partial charge < -0.3 is 20.5 Å². The number of hydrogen-bond donors (Lipinski definition) is 2. The minimum absolute atomic E-state index is 0.107. The molecule has 0 saturated heterocycles. The molecule has 1 heterocycles. The number of anilines is 2. The van der Waals surface area contributed by atoms with Crippen molar-refractivity contribution < 1.29 is 19.1 Å². The van der Waals surface area contributed by atoms with Crippen molar-refractivity contribution in [2.45, 2.75) is 58.4 Å². The largest absolute Gasteiger partial charge is 0.459 e. The highest BCUT2D eigenvalue weighted by atomic mass is 16.6. The third-order valence-electron chi connectivity index (χ3n) is 5.38. The van der Waals surface area contributed by atoms with Crippen molar-refractivity contribution in [3.8, 4) is 11.3 Å². The molecule has 9 heteroatoms. The molecule has 1 aliphatic carbocycles. The van der Waals surface area contributed by atoms with E-state index in [0.29, 0.717) is 16.9 Å². The summed E-state index contributed by atoms with van der Waals surface area (Å²) < 4.78 is 12.2. The van der Waals surface area contributed by atoms with Crippen LogP contribution in [0.15, 0.2) is 59.5 Å². The number of carbonyl (C=O) groups is 2. The molecule has 1 aromatic heterocycles. The molecule has 9 nitrogen and oxygen atoms in total. The Hall–Kier alpha value is -4.14. The maximum Gasteiger partial charge on any atom is 0.338 e. The van der Waals surface area contributed by atoms with Crippen LogP contribution < -0.4 is 16.6 Å². The van der Waals surface area contributed by atoms with E-state index >= 15 is 0 Å². The van der Waals surface area contributed by atoms with Gasteiger partial charge in [-0.2, -0.15) is 0 Å². The van der Waals surface area contributed by atoms with Crippen LogP contribution in [0.4, 0.5) is 11.5 Å². The Bertz CT molecular complexity index is 1320. The topological polar surface area (TPSA) is 126 Å². The minimum Gasteiger partial charge on any atom is -0.459 e. The fourth-order valence-corrected chi connectivity index (χ4v) is 3.62. The molecular weight excluding hydrogens is 460 g/mol. The number of nitrogens with zero attached hydrogens (tertiary/aromatic N) is 2. The lowest BCUT2D eigenvalue weighted by atomic mass is 10.1. The van der Waals surface area contributed by atoms with Gasteiger partial charge in [-0.05, 0) is 57.4 Å². The molecule has 36 heavy (non-hydrogen) atoms. The van der Waals surface area contributed by atoms with Crippen molar-refractivity contribution in [2.75, 3.05) is 11.1 Å². The summed E-state index contributed by atoms with van der Waals surface area (Å²) in [6.07, 6.45) is 3.40. The Morgan fingerprint density at radius 3 is 2.53 bits per heavy atom. The molecule has 0 atom stereocenters. The first-order valence-electron chi connectivity index (χ1n) is 11.8. The van der Waals surface area contributed by atoms with E-state index in [4.69, 9.17) is 15.2 Å². The van der Waals surface area contributed by atoms with E-state index < -0.39 is 23.1 Å². The van der Waals surface area contributed by atoms with Crippen LogP contribution in [0.5, 0.6) is 0 Å². The average molecular weight is 491 g/mol. The highest BCUT2D eigenvalue weighted by molar-refractivity contribution is 5.92. The van der Waals surface area contributed by atoms with Crippen LogP contribution >= 0.6 is 0 Å². The van der Waals surface area contributed by atoms with Crippen LogP contribution in [0.25, 0.3) is 11.3 Å². The molecule has 3 N–H and O–H groups in total. The van der Waals surface area contributed by atoms with Crippen LogP contribution in [0.1, 0.15) is 49.5 Å². The SMILES string of the molecule is CC(C)(C)OC(=O)Cn1c(-c2cc(N)cc(C(=O)OCc3ccccc3)c2)cnc(NC2CC2)c1=O. The molecule has 1 aliphatic rings. The maximum absolute atomic E-state index is 13.3. The number of benzene rings is 2.